The molecule has 7 nitrogen and oxygen atoms in total. The highest BCUT2D eigenvalue weighted by Gasteiger charge is 2.29. The Balaban J connectivity index is 0.00000300. The third-order valence-electron chi connectivity index (χ3n) is 4.45. The lowest BCUT2D eigenvalue weighted by Gasteiger charge is -2.21. The van der Waals surface area contributed by atoms with E-state index < -0.39 is 11.4 Å². The molecule has 0 bridgehead atoms. The fourth-order valence-corrected chi connectivity index (χ4v) is 2.97. The summed E-state index contributed by atoms with van der Waals surface area (Å²) in [6.45, 7) is 6.14. The van der Waals surface area contributed by atoms with E-state index in [4.69, 9.17) is 15.2 Å². The molecule has 0 amide bonds. The molecule has 160 valence electrons. The number of benzene rings is 1. The topological polar surface area (TPSA) is 93.7 Å². The zero-order valence-corrected chi connectivity index (χ0v) is 17.7. The SMILES string of the molecule is C[C@H](N)c1ccc(OC2CCN(c3ncnc(OCC(C)(C)O)c3F)C2)cc1.Cl. The van der Waals surface area contributed by atoms with Gasteiger partial charge in [-0.3, -0.25) is 0 Å². The monoisotopic (exact) mass is 426 g/mol. The van der Waals surface area contributed by atoms with E-state index in [1.54, 1.807) is 13.8 Å². The van der Waals surface area contributed by atoms with Crippen molar-refractivity contribution in [2.24, 2.45) is 5.73 Å². The molecule has 0 aliphatic carbocycles. The van der Waals surface area contributed by atoms with Gasteiger partial charge in [0.25, 0.3) is 5.88 Å². The Bertz CT molecular complexity index is 799. The molecule has 29 heavy (non-hydrogen) atoms. The number of hydrogen-bond acceptors (Lipinski definition) is 7. The third-order valence-corrected chi connectivity index (χ3v) is 4.45. The molecule has 9 heteroatoms. The third kappa shape index (κ3) is 6.16. The van der Waals surface area contributed by atoms with Crippen molar-refractivity contribution in [1.82, 2.24) is 9.97 Å². The largest absolute Gasteiger partial charge is 0.489 e. The number of aliphatic hydroxyl groups is 1. The molecule has 3 rings (SSSR count). The molecule has 2 aromatic rings. The zero-order chi connectivity index (χ0) is 20.3. The minimum absolute atomic E-state index is 0. The van der Waals surface area contributed by atoms with Gasteiger partial charge < -0.3 is 25.2 Å². The summed E-state index contributed by atoms with van der Waals surface area (Å²) in [7, 11) is 0. The summed E-state index contributed by atoms with van der Waals surface area (Å²) in [6, 6.07) is 7.67. The number of rotatable bonds is 7. The minimum atomic E-state index is -1.08. The van der Waals surface area contributed by atoms with Crippen LogP contribution in [0.1, 0.15) is 38.8 Å². The van der Waals surface area contributed by atoms with Gasteiger partial charge in [0.1, 0.15) is 24.8 Å². The Hall–Kier alpha value is -2.16. The lowest BCUT2D eigenvalue weighted by Crippen LogP contribution is -2.29. The van der Waals surface area contributed by atoms with Crippen molar-refractivity contribution in [2.75, 3.05) is 24.6 Å². The molecular weight excluding hydrogens is 399 g/mol. The predicted octanol–water partition coefficient (Wildman–Crippen LogP) is 2.86. The minimum Gasteiger partial charge on any atom is -0.489 e. The number of aromatic nitrogens is 2. The highest BCUT2D eigenvalue weighted by Crippen LogP contribution is 2.28. The summed E-state index contributed by atoms with van der Waals surface area (Å²) in [6.07, 6.45) is 1.94. The van der Waals surface area contributed by atoms with Gasteiger partial charge in [0.2, 0.25) is 5.82 Å². The number of nitrogens with two attached hydrogens (primary N) is 1. The van der Waals surface area contributed by atoms with Crippen LogP contribution in [0.25, 0.3) is 0 Å². The zero-order valence-electron chi connectivity index (χ0n) is 16.8. The molecule has 2 heterocycles. The second-order valence-electron chi connectivity index (χ2n) is 7.75. The van der Waals surface area contributed by atoms with Crippen LogP contribution in [-0.2, 0) is 0 Å². The standard InChI is InChI=1S/C20H27FN4O3.ClH/c1-13(22)14-4-6-15(7-5-14)28-16-8-9-25(10-16)18-17(21)19(24-12-23-18)27-11-20(2,3)26;/h4-7,12-13,16,26H,8-11,22H2,1-3H3;1H/t13-,16?;/m0./s1. The van der Waals surface area contributed by atoms with Gasteiger partial charge in [0, 0.05) is 19.0 Å². The maximum absolute atomic E-state index is 14.7. The van der Waals surface area contributed by atoms with Crippen molar-refractivity contribution in [3.05, 3.63) is 42.0 Å². The van der Waals surface area contributed by atoms with Crippen LogP contribution in [0.15, 0.2) is 30.6 Å². The van der Waals surface area contributed by atoms with E-state index in [1.807, 2.05) is 36.1 Å². The van der Waals surface area contributed by atoms with Gasteiger partial charge in [-0.15, -0.1) is 12.4 Å². The van der Waals surface area contributed by atoms with Gasteiger partial charge in [0.05, 0.1) is 12.1 Å². The molecule has 3 N–H and O–H groups in total. The van der Waals surface area contributed by atoms with E-state index in [9.17, 15) is 9.50 Å². The lowest BCUT2D eigenvalue weighted by molar-refractivity contribution is 0.0253. The van der Waals surface area contributed by atoms with Gasteiger partial charge in [-0.05, 0) is 38.5 Å². The predicted molar refractivity (Wildman–Crippen MR) is 111 cm³/mol. The van der Waals surface area contributed by atoms with Crippen LogP contribution in [0.2, 0.25) is 0 Å². The van der Waals surface area contributed by atoms with E-state index in [1.165, 1.54) is 6.33 Å². The number of anilines is 1. The van der Waals surface area contributed by atoms with E-state index >= 15 is 0 Å². The molecule has 1 aliphatic rings. The first-order chi connectivity index (χ1) is 13.2. The first-order valence-electron chi connectivity index (χ1n) is 9.36. The first-order valence-corrected chi connectivity index (χ1v) is 9.36. The summed E-state index contributed by atoms with van der Waals surface area (Å²) in [5.41, 5.74) is 5.82. The fraction of sp³-hybridized carbons (Fsp3) is 0.500. The van der Waals surface area contributed by atoms with Gasteiger partial charge in [0.15, 0.2) is 5.82 Å². The summed E-state index contributed by atoms with van der Waals surface area (Å²) in [5.74, 6) is 0.143. The number of halogens is 2. The Morgan fingerprint density at radius 3 is 2.62 bits per heavy atom. The molecule has 1 unspecified atom stereocenters. The van der Waals surface area contributed by atoms with Crippen LogP contribution in [0, 0.1) is 5.82 Å². The van der Waals surface area contributed by atoms with Gasteiger partial charge in [-0.2, -0.15) is 9.37 Å². The van der Waals surface area contributed by atoms with Gasteiger partial charge >= 0.3 is 0 Å². The average molecular weight is 427 g/mol. The Morgan fingerprint density at radius 2 is 2.00 bits per heavy atom. The van der Waals surface area contributed by atoms with E-state index in [0.29, 0.717) is 13.1 Å². The summed E-state index contributed by atoms with van der Waals surface area (Å²) < 4.78 is 26.1. The van der Waals surface area contributed by atoms with E-state index in [2.05, 4.69) is 9.97 Å². The summed E-state index contributed by atoms with van der Waals surface area (Å²) in [4.78, 5) is 9.72. The van der Waals surface area contributed by atoms with Crippen molar-refractivity contribution >= 4 is 18.2 Å². The lowest BCUT2D eigenvalue weighted by atomic mass is 10.1. The summed E-state index contributed by atoms with van der Waals surface area (Å²) >= 11 is 0. The van der Waals surface area contributed by atoms with Gasteiger partial charge in [-0.25, -0.2) is 4.98 Å². The smallest absolute Gasteiger partial charge is 0.255 e. The Labute approximate surface area is 176 Å². The fourth-order valence-electron chi connectivity index (χ4n) is 2.97. The van der Waals surface area contributed by atoms with E-state index in [0.717, 1.165) is 17.7 Å². The van der Waals surface area contributed by atoms with Crippen molar-refractivity contribution < 1.29 is 19.0 Å². The van der Waals surface area contributed by atoms with Crippen molar-refractivity contribution in [1.29, 1.82) is 0 Å². The quantitative estimate of drug-likeness (QED) is 0.703. The van der Waals surface area contributed by atoms with Crippen LogP contribution in [0.4, 0.5) is 10.2 Å². The second kappa shape index (κ2) is 9.56. The molecular formula is C20H28ClFN4O3. The second-order valence-corrected chi connectivity index (χ2v) is 7.75. The molecule has 0 spiro atoms. The van der Waals surface area contributed by atoms with Crippen LogP contribution in [0.3, 0.4) is 0 Å². The molecule has 1 saturated heterocycles. The first kappa shape index (κ1) is 23.1. The Morgan fingerprint density at radius 1 is 1.31 bits per heavy atom. The maximum Gasteiger partial charge on any atom is 0.255 e. The Kier molecular flexibility index (Phi) is 7.62. The molecule has 1 fully saturated rings. The van der Waals surface area contributed by atoms with Crippen LogP contribution in [-0.4, -0.2) is 46.5 Å². The molecule has 1 aliphatic heterocycles. The molecule has 2 atom stereocenters. The summed E-state index contributed by atoms with van der Waals surface area (Å²) in [5, 5.41) is 9.75. The molecule has 1 aromatic heterocycles. The molecule has 0 radical (unpaired) electrons. The number of ether oxygens (including phenoxy) is 2. The van der Waals surface area contributed by atoms with Crippen molar-refractivity contribution in [3.8, 4) is 11.6 Å². The van der Waals surface area contributed by atoms with Gasteiger partial charge in [-0.1, -0.05) is 12.1 Å². The number of nitrogens with zero attached hydrogens (tertiary/aromatic N) is 3. The average Bonchev–Trinajstić information content (AvgIpc) is 3.09. The van der Waals surface area contributed by atoms with Crippen LogP contribution < -0.4 is 20.1 Å². The maximum atomic E-state index is 14.7. The molecule has 1 aromatic carbocycles. The highest BCUT2D eigenvalue weighted by atomic mass is 35.5. The van der Waals surface area contributed by atoms with Crippen molar-refractivity contribution in [3.63, 3.8) is 0 Å². The number of hydrogen-bond donors (Lipinski definition) is 2. The van der Waals surface area contributed by atoms with Crippen molar-refractivity contribution in [2.45, 2.75) is 44.9 Å². The van der Waals surface area contributed by atoms with E-state index in [-0.39, 0.29) is 42.9 Å². The normalized spacial score (nSPS) is 17.6. The van der Waals surface area contributed by atoms with Crippen LogP contribution >= 0.6 is 12.4 Å². The molecule has 0 saturated carbocycles. The highest BCUT2D eigenvalue weighted by molar-refractivity contribution is 5.85. The van der Waals surface area contributed by atoms with Crippen LogP contribution in [0.5, 0.6) is 11.6 Å².